The van der Waals surface area contributed by atoms with Gasteiger partial charge in [-0.2, -0.15) is 0 Å². The Morgan fingerprint density at radius 3 is 2.69 bits per heavy atom. The van der Waals surface area contributed by atoms with Crippen LogP contribution in [0.2, 0.25) is 0 Å². The number of allylic oxidation sites excluding steroid dienone is 4. The van der Waals surface area contributed by atoms with Crippen LogP contribution in [0.3, 0.4) is 0 Å². The molecule has 0 N–H and O–H groups in total. The molecule has 2 atom stereocenters. The Balaban J connectivity index is 2.86. The van der Waals surface area contributed by atoms with Crippen molar-refractivity contribution in [3.05, 3.63) is 21.9 Å². The summed E-state index contributed by atoms with van der Waals surface area (Å²) in [5.74, 6) is 1.39. The fourth-order valence-electron chi connectivity index (χ4n) is 1.96. The lowest BCUT2D eigenvalue weighted by Gasteiger charge is -2.28. The normalized spacial score (nSPS) is 25.7. The van der Waals surface area contributed by atoms with E-state index in [1.165, 1.54) is 5.57 Å². The van der Waals surface area contributed by atoms with Gasteiger partial charge in [-0.25, -0.2) is 0 Å². The molecule has 0 bridgehead atoms. The smallest absolute Gasteiger partial charge is 0.176 e. The number of ether oxygens (including phenoxy) is 1. The maximum Gasteiger partial charge on any atom is 0.176 e. The predicted molar refractivity (Wildman–Crippen MR) is 69.3 cm³/mol. The molecule has 0 amide bonds. The number of halogens is 1. The van der Waals surface area contributed by atoms with Crippen LogP contribution in [0.5, 0.6) is 0 Å². The average molecular weight is 287 g/mol. The molecule has 0 spiro atoms. The monoisotopic (exact) mass is 286 g/mol. The minimum atomic E-state index is 0.0863. The molecule has 0 aromatic carbocycles. The number of carbonyl (C=O) groups is 1. The van der Waals surface area contributed by atoms with Gasteiger partial charge in [0.05, 0.1) is 11.6 Å². The third-order valence-electron chi connectivity index (χ3n) is 3.02. The lowest BCUT2D eigenvalue weighted by Crippen LogP contribution is -2.27. The first kappa shape index (κ1) is 13.5. The minimum Gasteiger partial charge on any atom is -0.500 e. The standard InChI is InChI=1S/C13H19BrO2/c1-8(2)5-6-10-9(3)7-11(16-4)12(14)13(10)15/h5,9-10H,6-7H2,1-4H3/t9-,10+/m1/s1. The third-order valence-corrected chi connectivity index (χ3v) is 3.85. The molecular weight excluding hydrogens is 268 g/mol. The number of Topliss-reactive ketones (excluding diaryl/α,β-unsaturated/α-hetero) is 1. The van der Waals surface area contributed by atoms with Crippen molar-refractivity contribution in [1.29, 1.82) is 0 Å². The van der Waals surface area contributed by atoms with E-state index in [0.717, 1.165) is 18.6 Å². The van der Waals surface area contributed by atoms with Crippen LogP contribution in [-0.4, -0.2) is 12.9 Å². The molecule has 0 saturated heterocycles. The molecule has 1 rings (SSSR count). The Hall–Kier alpha value is -0.570. The van der Waals surface area contributed by atoms with E-state index in [4.69, 9.17) is 4.74 Å². The Labute approximate surface area is 106 Å². The minimum absolute atomic E-state index is 0.0863. The zero-order valence-electron chi connectivity index (χ0n) is 10.3. The van der Waals surface area contributed by atoms with Crippen LogP contribution in [0, 0.1) is 11.8 Å². The van der Waals surface area contributed by atoms with E-state index >= 15 is 0 Å². The van der Waals surface area contributed by atoms with E-state index in [9.17, 15) is 4.79 Å². The SMILES string of the molecule is COC1=C(Br)C(=O)[C@@H](CC=C(C)C)[C@H](C)C1. The van der Waals surface area contributed by atoms with Gasteiger partial charge in [0.25, 0.3) is 0 Å². The summed E-state index contributed by atoms with van der Waals surface area (Å²) in [5, 5.41) is 0. The van der Waals surface area contributed by atoms with E-state index in [2.05, 4.69) is 42.8 Å². The summed E-state index contributed by atoms with van der Waals surface area (Å²) < 4.78 is 5.84. The van der Waals surface area contributed by atoms with E-state index in [1.807, 2.05) is 0 Å². The molecule has 0 heterocycles. The largest absolute Gasteiger partial charge is 0.500 e. The van der Waals surface area contributed by atoms with Gasteiger partial charge >= 0.3 is 0 Å². The molecule has 0 radical (unpaired) electrons. The summed E-state index contributed by atoms with van der Waals surface area (Å²) >= 11 is 3.34. The average Bonchev–Trinajstić information content (AvgIpc) is 2.22. The molecule has 3 heteroatoms. The van der Waals surface area contributed by atoms with Gasteiger partial charge in [-0.1, -0.05) is 18.6 Å². The fraction of sp³-hybridized carbons (Fsp3) is 0.615. The number of rotatable bonds is 3. The van der Waals surface area contributed by atoms with Crippen molar-refractivity contribution in [1.82, 2.24) is 0 Å². The molecular formula is C13H19BrO2. The zero-order chi connectivity index (χ0) is 12.3. The highest BCUT2D eigenvalue weighted by Crippen LogP contribution is 2.36. The quantitative estimate of drug-likeness (QED) is 0.738. The van der Waals surface area contributed by atoms with Gasteiger partial charge in [-0.15, -0.1) is 0 Å². The van der Waals surface area contributed by atoms with Crippen LogP contribution >= 0.6 is 15.9 Å². The number of hydrogen-bond donors (Lipinski definition) is 0. The number of ketones is 1. The highest BCUT2D eigenvalue weighted by molar-refractivity contribution is 9.12. The van der Waals surface area contributed by atoms with Crippen molar-refractivity contribution in [3.63, 3.8) is 0 Å². The van der Waals surface area contributed by atoms with Gasteiger partial charge in [0.15, 0.2) is 5.78 Å². The molecule has 0 aliphatic heterocycles. The van der Waals surface area contributed by atoms with Gasteiger partial charge in [-0.05, 0) is 42.1 Å². The summed E-state index contributed by atoms with van der Waals surface area (Å²) in [6.45, 7) is 6.23. The highest BCUT2D eigenvalue weighted by atomic mass is 79.9. The fourth-order valence-corrected chi connectivity index (χ4v) is 2.58. The molecule has 16 heavy (non-hydrogen) atoms. The van der Waals surface area contributed by atoms with Crippen molar-refractivity contribution in [2.24, 2.45) is 11.8 Å². The molecule has 0 unspecified atom stereocenters. The van der Waals surface area contributed by atoms with Gasteiger partial charge in [0, 0.05) is 12.3 Å². The number of methoxy groups -OCH3 is 1. The number of hydrogen-bond acceptors (Lipinski definition) is 2. The summed E-state index contributed by atoms with van der Waals surface area (Å²) in [6, 6.07) is 0. The second-order valence-corrected chi connectivity index (χ2v) is 5.40. The topological polar surface area (TPSA) is 26.3 Å². The van der Waals surface area contributed by atoms with Crippen molar-refractivity contribution in [2.75, 3.05) is 7.11 Å². The summed E-state index contributed by atoms with van der Waals surface area (Å²) in [5.41, 5.74) is 1.26. The Morgan fingerprint density at radius 1 is 1.56 bits per heavy atom. The Morgan fingerprint density at radius 2 is 2.19 bits per heavy atom. The lowest BCUT2D eigenvalue weighted by atomic mass is 9.80. The summed E-state index contributed by atoms with van der Waals surface area (Å²) in [6.07, 6.45) is 3.80. The molecule has 0 saturated carbocycles. The zero-order valence-corrected chi connectivity index (χ0v) is 11.9. The Bertz CT molecular complexity index is 338. The van der Waals surface area contributed by atoms with E-state index in [0.29, 0.717) is 10.4 Å². The van der Waals surface area contributed by atoms with Crippen LogP contribution in [0.4, 0.5) is 0 Å². The van der Waals surface area contributed by atoms with Crippen molar-refractivity contribution >= 4 is 21.7 Å². The maximum atomic E-state index is 12.1. The second-order valence-electron chi connectivity index (χ2n) is 4.61. The van der Waals surface area contributed by atoms with Crippen LogP contribution in [0.25, 0.3) is 0 Å². The van der Waals surface area contributed by atoms with Crippen LogP contribution in [-0.2, 0) is 9.53 Å². The van der Waals surface area contributed by atoms with Crippen molar-refractivity contribution < 1.29 is 9.53 Å². The van der Waals surface area contributed by atoms with Gasteiger partial charge in [0.2, 0.25) is 0 Å². The second kappa shape index (κ2) is 5.67. The van der Waals surface area contributed by atoms with Gasteiger partial charge in [0.1, 0.15) is 5.76 Å². The van der Waals surface area contributed by atoms with E-state index < -0.39 is 0 Å². The van der Waals surface area contributed by atoms with E-state index in [1.54, 1.807) is 7.11 Å². The lowest BCUT2D eigenvalue weighted by molar-refractivity contribution is -0.120. The van der Waals surface area contributed by atoms with Crippen molar-refractivity contribution in [2.45, 2.75) is 33.6 Å². The molecule has 1 aliphatic rings. The molecule has 90 valence electrons. The predicted octanol–water partition coefficient (Wildman–Crippen LogP) is 3.82. The molecule has 0 aromatic rings. The summed E-state index contributed by atoms with van der Waals surface area (Å²) in [7, 11) is 1.62. The van der Waals surface area contributed by atoms with Crippen LogP contribution in [0.15, 0.2) is 21.9 Å². The van der Waals surface area contributed by atoms with Crippen LogP contribution < -0.4 is 0 Å². The summed E-state index contributed by atoms with van der Waals surface area (Å²) in [4.78, 5) is 12.1. The van der Waals surface area contributed by atoms with E-state index in [-0.39, 0.29) is 11.7 Å². The van der Waals surface area contributed by atoms with Crippen molar-refractivity contribution in [3.8, 4) is 0 Å². The maximum absolute atomic E-state index is 12.1. The van der Waals surface area contributed by atoms with Crippen LogP contribution in [0.1, 0.15) is 33.6 Å². The first-order valence-electron chi connectivity index (χ1n) is 5.57. The first-order chi connectivity index (χ1) is 7.47. The number of carbonyl (C=O) groups excluding carboxylic acids is 1. The van der Waals surface area contributed by atoms with Gasteiger partial charge < -0.3 is 4.74 Å². The highest BCUT2D eigenvalue weighted by Gasteiger charge is 2.33. The molecule has 0 fully saturated rings. The van der Waals surface area contributed by atoms with Gasteiger partial charge in [-0.3, -0.25) is 4.79 Å². The molecule has 1 aliphatic carbocycles. The third kappa shape index (κ3) is 2.97. The Kier molecular flexibility index (Phi) is 4.78. The molecule has 2 nitrogen and oxygen atoms in total. The molecule has 0 aromatic heterocycles. The first-order valence-corrected chi connectivity index (χ1v) is 6.36.